The lowest BCUT2D eigenvalue weighted by atomic mass is 9.80. The van der Waals surface area contributed by atoms with Crippen LogP contribution >= 0.6 is 0 Å². The second-order valence-electron chi connectivity index (χ2n) is 4.84. The van der Waals surface area contributed by atoms with Crippen molar-refractivity contribution in [3.63, 3.8) is 0 Å². The first-order chi connectivity index (χ1) is 7.14. The lowest BCUT2D eigenvalue weighted by Gasteiger charge is -2.36. The molecule has 4 nitrogen and oxygen atoms in total. The van der Waals surface area contributed by atoms with Crippen LogP contribution in [0, 0.1) is 5.41 Å². The van der Waals surface area contributed by atoms with Crippen LogP contribution in [0.3, 0.4) is 0 Å². The van der Waals surface area contributed by atoms with E-state index in [1.807, 2.05) is 7.05 Å². The molecule has 0 aromatic rings. The number of carboxylic acid groups (broad SMARTS) is 1. The normalized spacial score (nSPS) is 25.5. The molecule has 15 heavy (non-hydrogen) atoms. The molecule has 2 fully saturated rings. The number of nitrogens with zero attached hydrogens (tertiary/aromatic N) is 1. The summed E-state index contributed by atoms with van der Waals surface area (Å²) in [4.78, 5) is 13.6. The first-order valence-corrected chi connectivity index (χ1v) is 5.65. The molecular formula is C11H19NO3. The average molecular weight is 213 g/mol. The summed E-state index contributed by atoms with van der Waals surface area (Å²) in [6.07, 6.45) is 3.75. The van der Waals surface area contributed by atoms with E-state index in [4.69, 9.17) is 4.74 Å². The summed E-state index contributed by atoms with van der Waals surface area (Å²) in [7, 11) is 2.04. The molecule has 0 radical (unpaired) electrons. The number of ether oxygens (including phenoxy) is 1. The van der Waals surface area contributed by atoms with Gasteiger partial charge in [-0.15, -0.1) is 0 Å². The molecule has 0 spiro atoms. The monoisotopic (exact) mass is 213 g/mol. The van der Waals surface area contributed by atoms with E-state index in [1.54, 1.807) is 0 Å². The Morgan fingerprint density at radius 2 is 2.07 bits per heavy atom. The molecule has 0 aromatic heterocycles. The Bertz CT molecular complexity index is 244. The van der Waals surface area contributed by atoms with Crippen LogP contribution in [-0.2, 0) is 9.53 Å². The highest BCUT2D eigenvalue weighted by atomic mass is 16.5. The maximum absolute atomic E-state index is 11.4. The number of hydrogen-bond acceptors (Lipinski definition) is 3. The third-order valence-electron chi connectivity index (χ3n) is 3.63. The summed E-state index contributed by atoms with van der Waals surface area (Å²) in [5.41, 5.74) is -0.560. The zero-order valence-electron chi connectivity index (χ0n) is 9.24. The van der Waals surface area contributed by atoms with Crippen molar-refractivity contribution in [1.82, 2.24) is 4.90 Å². The molecule has 1 heterocycles. The Morgan fingerprint density at radius 3 is 2.53 bits per heavy atom. The maximum Gasteiger partial charge on any atom is 0.311 e. The van der Waals surface area contributed by atoms with E-state index < -0.39 is 11.4 Å². The summed E-state index contributed by atoms with van der Waals surface area (Å²) in [6.45, 7) is 1.85. The number of rotatable bonds is 4. The van der Waals surface area contributed by atoms with Crippen molar-refractivity contribution in [3.05, 3.63) is 0 Å². The molecule has 2 aliphatic rings. The molecule has 4 heteroatoms. The molecule has 86 valence electrons. The Balaban J connectivity index is 2.00. The van der Waals surface area contributed by atoms with Gasteiger partial charge >= 0.3 is 5.97 Å². The summed E-state index contributed by atoms with van der Waals surface area (Å²) < 4.78 is 5.25. The molecular weight excluding hydrogens is 194 g/mol. The van der Waals surface area contributed by atoms with Crippen LogP contribution in [0.15, 0.2) is 0 Å². The van der Waals surface area contributed by atoms with Gasteiger partial charge in [-0.2, -0.15) is 0 Å². The standard InChI is InChI=1S/C11H19NO3/c1-12(9-2-3-9)8-11(10(13)14)4-6-15-7-5-11/h9H,2-8H2,1H3,(H,13,14). The van der Waals surface area contributed by atoms with Crippen LogP contribution in [0.2, 0.25) is 0 Å². The number of hydrogen-bond donors (Lipinski definition) is 1. The van der Waals surface area contributed by atoms with Gasteiger partial charge in [0, 0.05) is 25.8 Å². The molecule has 1 saturated heterocycles. The van der Waals surface area contributed by atoms with E-state index in [1.165, 1.54) is 12.8 Å². The van der Waals surface area contributed by atoms with E-state index in [9.17, 15) is 9.90 Å². The summed E-state index contributed by atoms with van der Waals surface area (Å²) >= 11 is 0. The molecule has 0 aromatic carbocycles. The smallest absolute Gasteiger partial charge is 0.311 e. The summed E-state index contributed by atoms with van der Waals surface area (Å²) in [6, 6.07) is 0.629. The lowest BCUT2D eigenvalue weighted by molar-refractivity contribution is -0.156. The number of carboxylic acids is 1. The molecule has 1 aliphatic heterocycles. The highest BCUT2D eigenvalue weighted by molar-refractivity contribution is 5.75. The van der Waals surface area contributed by atoms with Crippen LogP contribution in [0.4, 0.5) is 0 Å². The highest BCUT2D eigenvalue weighted by Crippen LogP contribution is 2.35. The van der Waals surface area contributed by atoms with Crippen LogP contribution in [-0.4, -0.2) is 48.8 Å². The van der Waals surface area contributed by atoms with Gasteiger partial charge in [0.05, 0.1) is 5.41 Å². The zero-order chi connectivity index (χ0) is 10.9. The molecule has 0 bridgehead atoms. The predicted octanol–water partition coefficient (Wildman–Crippen LogP) is 0.962. The van der Waals surface area contributed by atoms with E-state index >= 15 is 0 Å². The van der Waals surface area contributed by atoms with Gasteiger partial charge in [0.1, 0.15) is 0 Å². The average Bonchev–Trinajstić information content (AvgIpc) is 3.02. The molecule has 1 aliphatic carbocycles. The lowest BCUT2D eigenvalue weighted by Crippen LogP contribution is -2.46. The molecule has 0 atom stereocenters. The fraction of sp³-hybridized carbons (Fsp3) is 0.909. The minimum absolute atomic E-state index is 0.560. The Labute approximate surface area is 90.2 Å². The van der Waals surface area contributed by atoms with Crippen molar-refractivity contribution in [3.8, 4) is 0 Å². The van der Waals surface area contributed by atoms with Crippen molar-refractivity contribution in [2.75, 3.05) is 26.8 Å². The van der Waals surface area contributed by atoms with Crippen molar-refractivity contribution >= 4 is 5.97 Å². The summed E-state index contributed by atoms with van der Waals surface area (Å²) in [5, 5.41) is 9.36. The van der Waals surface area contributed by atoms with Gasteiger partial charge in [-0.3, -0.25) is 4.79 Å². The topological polar surface area (TPSA) is 49.8 Å². The third kappa shape index (κ3) is 2.32. The van der Waals surface area contributed by atoms with Crippen LogP contribution in [0.5, 0.6) is 0 Å². The number of carbonyl (C=O) groups is 1. The van der Waals surface area contributed by atoms with E-state index in [-0.39, 0.29) is 0 Å². The first-order valence-electron chi connectivity index (χ1n) is 5.65. The molecule has 1 saturated carbocycles. The van der Waals surface area contributed by atoms with E-state index in [0.29, 0.717) is 38.6 Å². The highest BCUT2D eigenvalue weighted by Gasteiger charge is 2.43. The fourth-order valence-electron chi connectivity index (χ4n) is 2.32. The molecule has 2 rings (SSSR count). The van der Waals surface area contributed by atoms with Crippen molar-refractivity contribution in [2.45, 2.75) is 31.7 Å². The van der Waals surface area contributed by atoms with Gasteiger partial charge in [0.2, 0.25) is 0 Å². The van der Waals surface area contributed by atoms with Crippen molar-refractivity contribution in [1.29, 1.82) is 0 Å². The molecule has 0 amide bonds. The van der Waals surface area contributed by atoms with Gasteiger partial charge in [-0.1, -0.05) is 0 Å². The van der Waals surface area contributed by atoms with Crippen LogP contribution in [0.25, 0.3) is 0 Å². The van der Waals surface area contributed by atoms with E-state index in [2.05, 4.69) is 4.90 Å². The molecule has 1 N–H and O–H groups in total. The van der Waals surface area contributed by atoms with Crippen LogP contribution in [0.1, 0.15) is 25.7 Å². The minimum atomic E-state index is -0.654. The SMILES string of the molecule is CN(CC1(C(=O)O)CCOCC1)C1CC1. The Kier molecular flexibility index (Phi) is 2.98. The van der Waals surface area contributed by atoms with Gasteiger partial charge in [-0.25, -0.2) is 0 Å². The Morgan fingerprint density at radius 1 is 1.47 bits per heavy atom. The largest absolute Gasteiger partial charge is 0.481 e. The Hall–Kier alpha value is -0.610. The fourth-order valence-corrected chi connectivity index (χ4v) is 2.32. The molecule has 0 unspecified atom stereocenters. The minimum Gasteiger partial charge on any atom is -0.481 e. The van der Waals surface area contributed by atoms with Crippen molar-refractivity contribution < 1.29 is 14.6 Å². The van der Waals surface area contributed by atoms with Gasteiger partial charge in [-0.05, 0) is 32.7 Å². The zero-order valence-corrected chi connectivity index (χ0v) is 9.24. The van der Waals surface area contributed by atoms with Gasteiger partial charge in [0.15, 0.2) is 0 Å². The first kappa shape index (κ1) is 10.9. The number of aliphatic carboxylic acids is 1. The maximum atomic E-state index is 11.4. The van der Waals surface area contributed by atoms with Gasteiger partial charge in [0.25, 0.3) is 0 Å². The van der Waals surface area contributed by atoms with Gasteiger partial charge < -0.3 is 14.7 Å². The third-order valence-corrected chi connectivity index (χ3v) is 3.63. The second-order valence-corrected chi connectivity index (χ2v) is 4.84. The second kappa shape index (κ2) is 4.10. The predicted molar refractivity (Wildman–Crippen MR) is 55.8 cm³/mol. The van der Waals surface area contributed by atoms with E-state index in [0.717, 1.165) is 0 Å². The van der Waals surface area contributed by atoms with Crippen molar-refractivity contribution in [2.24, 2.45) is 5.41 Å². The summed E-state index contributed by atoms with van der Waals surface area (Å²) in [5.74, 6) is -0.654. The van der Waals surface area contributed by atoms with Crippen LogP contribution < -0.4 is 0 Å². The quantitative estimate of drug-likeness (QED) is 0.755.